The number of aromatic nitrogens is 3. The van der Waals surface area contributed by atoms with E-state index < -0.39 is 0 Å². The molecule has 0 saturated heterocycles. The third-order valence-corrected chi connectivity index (χ3v) is 4.68. The molecule has 0 radical (unpaired) electrons. The summed E-state index contributed by atoms with van der Waals surface area (Å²) in [7, 11) is 0. The molecule has 0 aliphatic carbocycles. The maximum atomic E-state index is 6.23. The zero-order chi connectivity index (χ0) is 20.6. The van der Waals surface area contributed by atoms with E-state index in [1.807, 2.05) is 60.4 Å². The van der Waals surface area contributed by atoms with Gasteiger partial charge in [-0.15, -0.1) is 0 Å². The topological polar surface area (TPSA) is 78.3 Å². The Morgan fingerprint density at radius 3 is 2.41 bits per heavy atom. The molecule has 1 aromatic heterocycles. The van der Waals surface area contributed by atoms with Crippen molar-refractivity contribution in [2.24, 2.45) is 5.10 Å². The van der Waals surface area contributed by atoms with E-state index in [0.717, 1.165) is 29.9 Å². The molecule has 0 atom stereocenters. The van der Waals surface area contributed by atoms with Gasteiger partial charge < -0.3 is 10.2 Å². The fraction of sp³-hybridized carbons (Fsp3) is 0.238. The van der Waals surface area contributed by atoms with Crippen LogP contribution < -0.4 is 15.6 Å². The van der Waals surface area contributed by atoms with Crippen LogP contribution in [0, 0.1) is 6.92 Å². The molecule has 0 fully saturated rings. The highest BCUT2D eigenvalue weighted by molar-refractivity contribution is 6.31. The van der Waals surface area contributed by atoms with Crippen LogP contribution in [-0.2, 0) is 0 Å². The van der Waals surface area contributed by atoms with E-state index >= 15 is 0 Å². The van der Waals surface area contributed by atoms with Gasteiger partial charge in [0.2, 0.25) is 17.8 Å². The molecule has 0 aliphatic heterocycles. The molecule has 1 heterocycles. The lowest BCUT2D eigenvalue weighted by molar-refractivity contribution is 0.814. The van der Waals surface area contributed by atoms with Gasteiger partial charge in [0.15, 0.2) is 0 Å². The van der Waals surface area contributed by atoms with Crippen molar-refractivity contribution >= 4 is 41.3 Å². The van der Waals surface area contributed by atoms with Gasteiger partial charge in [-0.3, -0.25) is 0 Å². The second-order valence-corrected chi connectivity index (χ2v) is 6.73. The minimum Gasteiger partial charge on any atom is -0.341 e. The molecule has 0 bridgehead atoms. The normalized spacial score (nSPS) is 10.9. The number of nitrogens with zero attached hydrogens (tertiary/aromatic N) is 5. The number of anilines is 4. The minimum atomic E-state index is 0.356. The van der Waals surface area contributed by atoms with Crippen LogP contribution in [0.3, 0.4) is 0 Å². The first-order valence-corrected chi connectivity index (χ1v) is 9.85. The number of hydrogen-bond acceptors (Lipinski definition) is 7. The summed E-state index contributed by atoms with van der Waals surface area (Å²) in [5.74, 6) is 1.34. The van der Waals surface area contributed by atoms with Gasteiger partial charge in [-0.05, 0) is 44.0 Å². The first-order valence-electron chi connectivity index (χ1n) is 9.47. The molecule has 0 saturated carbocycles. The molecule has 3 rings (SSSR count). The summed E-state index contributed by atoms with van der Waals surface area (Å²) < 4.78 is 0. The molecule has 8 heteroatoms. The van der Waals surface area contributed by atoms with Crippen LogP contribution in [0.1, 0.15) is 25.0 Å². The van der Waals surface area contributed by atoms with Gasteiger partial charge in [0, 0.05) is 23.8 Å². The number of hydrogen-bond donors (Lipinski definition) is 2. The fourth-order valence-electron chi connectivity index (χ4n) is 2.62. The lowest BCUT2D eigenvalue weighted by atomic mass is 10.2. The predicted octanol–water partition coefficient (Wildman–Crippen LogP) is 4.87. The van der Waals surface area contributed by atoms with Crippen LogP contribution >= 0.6 is 11.6 Å². The molecule has 150 valence electrons. The Balaban J connectivity index is 1.86. The van der Waals surface area contributed by atoms with Gasteiger partial charge in [0.25, 0.3) is 0 Å². The summed E-state index contributed by atoms with van der Waals surface area (Å²) in [6, 6.07) is 15.5. The lowest BCUT2D eigenvalue weighted by Gasteiger charge is -2.19. The minimum absolute atomic E-state index is 0.356. The van der Waals surface area contributed by atoms with Gasteiger partial charge >= 0.3 is 0 Å². The number of aryl methyl sites for hydroxylation is 1. The summed E-state index contributed by atoms with van der Waals surface area (Å²) >= 11 is 6.23. The molecular weight excluding hydrogens is 386 g/mol. The quantitative estimate of drug-likeness (QED) is 0.408. The Kier molecular flexibility index (Phi) is 6.97. The molecule has 7 nitrogen and oxygen atoms in total. The van der Waals surface area contributed by atoms with Crippen molar-refractivity contribution in [2.45, 2.75) is 20.8 Å². The van der Waals surface area contributed by atoms with Crippen LogP contribution in [0.15, 0.2) is 53.6 Å². The lowest BCUT2D eigenvalue weighted by Crippen LogP contribution is -2.25. The van der Waals surface area contributed by atoms with E-state index in [4.69, 9.17) is 11.6 Å². The number of hydrazone groups is 1. The highest BCUT2D eigenvalue weighted by Crippen LogP contribution is 2.23. The first kappa shape index (κ1) is 20.5. The second-order valence-electron chi connectivity index (χ2n) is 6.32. The molecule has 0 amide bonds. The third kappa shape index (κ3) is 5.65. The number of halogens is 1. The molecule has 2 aromatic carbocycles. The van der Waals surface area contributed by atoms with Crippen LogP contribution in [0.4, 0.5) is 23.5 Å². The average Bonchev–Trinajstić information content (AvgIpc) is 2.72. The van der Waals surface area contributed by atoms with E-state index in [2.05, 4.69) is 44.6 Å². The largest absolute Gasteiger partial charge is 0.341 e. The van der Waals surface area contributed by atoms with Crippen molar-refractivity contribution in [3.8, 4) is 0 Å². The van der Waals surface area contributed by atoms with Crippen LogP contribution in [-0.4, -0.2) is 34.3 Å². The van der Waals surface area contributed by atoms with E-state index in [0.29, 0.717) is 22.9 Å². The Labute approximate surface area is 175 Å². The maximum Gasteiger partial charge on any atom is 0.250 e. The predicted molar refractivity (Wildman–Crippen MR) is 121 cm³/mol. The number of benzene rings is 2. The van der Waals surface area contributed by atoms with Crippen molar-refractivity contribution in [3.63, 3.8) is 0 Å². The molecule has 2 N–H and O–H groups in total. The van der Waals surface area contributed by atoms with Crippen LogP contribution in [0.5, 0.6) is 0 Å². The van der Waals surface area contributed by atoms with E-state index in [1.54, 1.807) is 6.21 Å². The Morgan fingerprint density at radius 2 is 1.72 bits per heavy atom. The second kappa shape index (κ2) is 9.84. The maximum absolute atomic E-state index is 6.23. The third-order valence-electron chi connectivity index (χ3n) is 4.28. The average molecular weight is 410 g/mol. The highest BCUT2D eigenvalue weighted by Gasteiger charge is 2.11. The SMILES string of the molecule is CCN(CC)c1nc(N/N=C\c2ccccc2)nc(Nc2ccc(C)c(Cl)c2)n1. The van der Waals surface area contributed by atoms with Gasteiger partial charge in [-0.25, -0.2) is 5.43 Å². The van der Waals surface area contributed by atoms with Crippen molar-refractivity contribution in [1.29, 1.82) is 0 Å². The monoisotopic (exact) mass is 409 g/mol. The Hall–Kier alpha value is -3.19. The number of rotatable bonds is 8. The summed E-state index contributed by atoms with van der Waals surface area (Å²) in [4.78, 5) is 15.5. The summed E-state index contributed by atoms with van der Waals surface area (Å²) in [6.45, 7) is 7.63. The fourth-order valence-corrected chi connectivity index (χ4v) is 2.80. The number of nitrogens with one attached hydrogen (secondary N) is 2. The van der Waals surface area contributed by atoms with Gasteiger partial charge in [0.1, 0.15) is 0 Å². The molecule has 3 aromatic rings. The zero-order valence-electron chi connectivity index (χ0n) is 16.7. The molecule has 29 heavy (non-hydrogen) atoms. The summed E-state index contributed by atoms with van der Waals surface area (Å²) in [5, 5.41) is 8.12. The Bertz CT molecular complexity index is 972. The molecule has 0 unspecified atom stereocenters. The smallest absolute Gasteiger partial charge is 0.250 e. The van der Waals surface area contributed by atoms with Crippen molar-refractivity contribution in [3.05, 3.63) is 64.7 Å². The standard InChI is InChI=1S/C21H24ClN7/c1-4-29(5-2)21-26-19(24-17-12-11-15(3)18(22)13-17)25-20(27-21)28-23-14-16-9-7-6-8-10-16/h6-14H,4-5H2,1-3H3,(H2,24,25,26,27,28)/b23-14-. The van der Waals surface area contributed by atoms with Gasteiger partial charge in [0.05, 0.1) is 6.21 Å². The van der Waals surface area contributed by atoms with Crippen LogP contribution in [0.25, 0.3) is 0 Å². The first-order chi connectivity index (χ1) is 14.1. The van der Waals surface area contributed by atoms with Gasteiger partial charge in [-0.1, -0.05) is 48.0 Å². The van der Waals surface area contributed by atoms with Crippen molar-refractivity contribution in [2.75, 3.05) is 28.7 Å². The van der Waals surface area contributed by atoms with E-state index in [-0.39, 0.29) is 0 Å². The van der Waals surface area contributed by atoms with Crippen molar-refractivity contribution in [1.82, 2.24) is 15.0 Å². The van der Waals surface area contributed by atoms with E-state index in [9.17, 15) is 0 Å². The summed E-state index contributed by atoms with van der Waals surface area (Å²) in [5.41, 5.74) is 5.69. The van der Waals surface area contributed by atoms with E-state index in [1.165, 1.54) is 0 Å². The van der Waals surface area contributed by atoms with Crippen molar-refractivity contribution < 1.29 is 0 Å². The molecular formula is C21H24ClN7. The molecule has 0 aliphatic rings. The zero-order valence-corrected chi connectivity index (χ0v) is 17.5. The molecule has 0 spiro atoms. The Morgan fingerprint density at radius 1 is 1.00 bits per heavy atom. The summed E-state index contributed by atoms with van der Waals surface area (Å²) in [6.07, 6.45) is 1.72. The van der Waals surface area contributed by atoms with Gasteiger partial charge in [-0.2, -0.15) is 20.1 Å². The van der Waals surface area contributed by atoms with Crippen LogP contribution in [0.2, 0.25) is 5.02 Å². The highest BCUT2D eigenvalue weighted by atomic mass is 35.5.